The number of carbonyl (C=O) groups is 1. The Balaban J connectivity index is 1.85. The molecule has 1 amide bonds. The van der Waals surface area contributed by atoms with Gasteiger partial charge in [-0.25, -0.2) is 0 Å². The first-order valence-electron chi connectivity index (χ1n) is 7.82. The summed E-state index contributed by atoms with van der Waals surface area (Å²) in [6.07, 6.45) is 4.76. The van der Waals surface area contributed by atoms with Gasteiger partial charge in [0.15, 0.2) is 0 Å². The van der Waals surface area contributed by atoms with Crippen molar-refractivity contribution in [1.29, 1.82) is 0 Å². The lowest BCUT2D eigenvalue weighted by Gasteiger charge is -2.20. The van der Waals surface area contributed by atoms with Crippen molar-refractivity contribution in [2.24, 2.45) is 5.92 Å². The van der Waals surface area contributed by atoms with Crippen molar-refractivity contribution in [2.75, 3.05) is 25.0 Å². The summed E-state index contributed by atoms with van der Waals surface area (Å²) in [5, 5.41) is 3.02. The van der Waals surface area contributed by atoms with Crippen molar-refractivity contribution in [2.45, 2.75) is 39.5 Å². The second-order valence-corrected chi connectivity index (χ2v) is 5.78. The number of nitrogens with one attached hydrogen (secondary N) is 1. The molecule has 20 heavy (non-hydrogen) atoms. The zero-order chi connectivity index (χ0) is 14.4. The Kier molecular flexibility index (Phi) is 5.60. The first kappa shape index (κ1) is 15.0. The monoisotopic (exact) mass is 274 g/mol. The number of nitrogens with zero attached hydrogens (tertiary/aromatic N) is 1. The van der Waals surface area contributed by atoms with E-state index < -0.39 is 0 Å². The van der Waals surface area contributed by atoms with Crippen LogP contribution in [0.3, 0.4) is 0 Å². The number of benzene rings is 1. The lowest BCUT2D eigenvalue weighted by molar-refractivity contribution is -0.117. The highest BCUT2D eigenvalue weighted by atomic mass is 16.2. The number of hydrogen-bond acceptors (Lipinski definition) is 2. The van der Waals surface area contributed by atoms with Crippen LogP contribution < -0.4 is 5.32 Å². The van der Waals surface area contributed by atoms with Crippen molar-refractivity contribution >= 4 is 11.6 Å². The van der Waals surface area contributed by atoms with Crippen LogP contribution in [0.4, 0.5) is 5.69 Å². The SMILES string of the molecule is CCCN(CC(=O)Nc1cccc(CC)c1)CC1CC1. The summed E-state index contributed by atoms with van der Waals surface area (Å²) < 4.78 is 0. The minimum Gasteiger partial charge on any atom is -0.325 e. The highest BCUT2D eigenvalue weighted by molar-refractivity contribution is 5.92. The summed E-state index contributed by atoms with van der Waals surface area (Å²) in [6, 6.07) is 8.11. The maximum absolute atomic E-state index is 12.1. The van der Waals surface area contributed by atoms with Crippen molar-refractivity contribution in [3.8, 4) is 0 Å². The summed E-state index contributed by atoms with van der Waals surface area (Å²) in [5.74, 6) is 0.935. The van der Waals surface area contributed by atoms with Gasteiger partial charge in [-0.2, -0.15) is 0 Å². The van der Waals surface area contributed by atoms with Crippen LogP contribution in [0, 0.1) is 5.92 Å². The number of anilines is 1. The van der Waals surface area contributed by atoms with Gasteiger partial charge in [-0.3, -0.25) is 9.69 Å². The second kappa shape index (κ2) is 7.44. The maximum Gasteiger partial charge on any atom is 0.238 e. The van der Waals surface area contributed by atoms with Crippen molar-refractivity contribution < 1.29 is 4.79 Å². The zero-order valence-electron chi connectivity index (χ0n) is 12.7. The van der Waals surface area contributed by atoms with Gasteiger partial charge < -0.3 is 5.32 Å². The van der Waals surface area contributed by atoms with Crippen LogP contribution >= 0.6 is 0 Å². The van der Waals surface area contributed by atoms with Gasteiger partial charge in [0.2, 0.25) is 5.91 Å². The highest BCUT2D eigenvalue weighted by Gasteiger charge is 2.24. The normalized spacial score (nSPS) is 14.6. The maximum atomic E-state index is 12.1. The lowest BCUT2D eigenvalue weighted by Crippen LogP contribution is -2.35. The van der Waals surface area contributed by atoms with Gasteiger partial charge in [0.05, 0.1) is 6.54 Å². The molecule has 0 spiro atoms. The molecule has 1 fully saturated rings. The topological polar surface area (TPSA) is 32.3 Å². The van der Waals surface area contributed by atoms with Gasteiger partial charge in [-0.15, -0.1) is 0 Å². The molecule has 1 aliphatic rings. The van der Waals surface area contributed by atoms with Crippen LogP contribution in [0.5, 0.6) is 0 Å². The average Bonchev–Trinajstić information content (AvgIpc) is 3.23. The molecule has 0 radical (unpaired) electrons. The van der Waals surface area contributed by atoms with Crippen LogP contribution in [0.25, 0.3) is 0 Å². The fourth-order valence-electron chi connectivity index (χ4n) is 2.49. The fourth-order valence-corrected chi connectivity index (χ4v) is 2.49. The molecule has 1 aliphatic carbocycles. The zero-order valence-corrected chi connectivity index (χ0v) is 12.7. The molecule has 1 saturated carbocycles. The van der Waals surface area contributed by atoms with Gasteiger partial charge in [0.25, 0.3) is 0 Å². The Morgan fingerprint density at radius 3 is 2.80 bits per heavy atom. The minimum atomic E-state index is 0.104. The predicted octanol–water partition coefficient (Wildman–Crippen LogP) is 3.31. The van der Waals surface area contributed by atoms with E-state index in [1.54, 1.807) is 0 Å². The number of rotatable bonds is 8. The molecule has 1 aromatic rings. The number of hydrogen-bond donors (Lipinski definition) is 1. The van der Waals surface area contributed by atoms with E-state index in [9.17, 15) is 4.79 Å². The van der Waals surface area contributed by atoms with Crippen LogP contribution in [-0.4, -0.2) is 30.4 Å². The summed E-state index contributed by atoms with van der Waals surface area (Å²) in [7, 11) is 0. The molecule has 3 nitrogen and oxygen atoms in total. The Morgan fingerprint density at radius 2 is 2.15 bits per heavy atom. The van der Waals surface area contributed by atoms with E-state index in [1.165, 1.54) is 18.4 Å². The van der Waals surface area contributed by atoms with Crippen LogP contribution in [0.15, 0.2) is 24.3 Å². The largest absolute Gasteiger partial charge is 0.325 e. The summed E-state index contributed by atoms with van der Waals surface area (Å²) in [4.78, 5) is 14.4. The van der Waals surface area contributed by atoms with E-state index in [0.717, 1.165) is 37.5 Å². The van der Waals surface area contributed by atoms with E-state index in [2.05, 4.69) is 36.2 Å². The third kappa shape index (κ3) is 4.97. The fraction of sp³-hybridized carbons (Fsp3) is 0.588. The van der Waals surface area contributed by atoms with Crippen LogP contribution in [0.1, 0.15) is 38.7 Å². The van der Waals surface area contributed by atoms with E-state index in [1.807, 2.05) is 12.1 Å². The van der Waals surface area contributed by atoms with Gasteiger partial charge in [-0.1, -0.05) is 26.0 Å². The van der Waals surface area contributed by atoms with Crippen LogP contribution in [0.2, 0.25) is 0 Å². The van der Waals surface area contributed by atoms with Crippen LogP contribution in [-0.2, 0) is 11.2 Å². The average molecular weight is 274 g/mol. The molecule has 0 unspecified atom stereocenters. The third-order valence-corrected chi connectivity index (χ3v) is 3.74. The van der Waals surface area contributed by atoms with Crippen molar-refractivity contribution in [3.05, 3.63) is 29.8 Å². The minimum absolute atomic E-state index is 0.104. The number of carbonyl (C=O) groups excluding carboxylic acids is 1. The molecule has 3 heteroatoms. The molecule has 0 aliphatic heterocycles. The lowest BCUT2D eigenvalue weighted by atomic mass is 10.1. The molecule has 0 aromatic heterocycles. The Hall–Kier alpha value is -1.35. The van der Waals surface area contributed by atoms with E-state index in [4.69, 9.17) is 0 Å². The Bertz CT molecular complexity index is 440. The quantitative estimate of drug-likeness (QED) is 0.789. The molecule has 110 valence electrons. The van der Waals surface area contributed by atoms with E-state index in [-0.39, 0.29) is 5.91 Å². The molecule has 1 aromatic carbocycles. The van der Waals surface area contributed by atoms with Gasteiger partial charge in [0, 0.05) is 12.2 Å². The van der Waals surface area contributed by atoms with Gasteiger partial charge in [-0.05, 0) is 55.8 Å². The molecule has 0 atom stereocenters. The van der Waals surface area contributed by atoms with Crippen molar-refractivity contribution in [3.63, 3.8) is 0 Å². The predicted molar refractivity (Wildman–Crippen MR) is 83.9 cm³/mol. The second-order valence-electron chi connectivity index (χ2n) is 5.78. The van der Waals surface area contributed by atoms with Gasteiger partial charge >= 0.3 is 0 Å². The molecule has 0 bridgehead atoms. The number of aryl methyl sites for hydroxylation is 1. The van der Waals surface area contributed by atoms with Crippen molar-refractivity contribution in [1.82, 2.24) is 4.90 Å². The highest BCUT2D eigenvalue weighted by Crippen LogP contribution is 2.29. The molecule has 1 N–H and O–H groups in total. The van der Waals surface area contributed by atoms with E-state index >= 15 is 0 Å². The Morgan fingerprint density at radius 1 is 1.35 bits per heavy atom. The molecular weight excluding hydrogens is 248 g/mol. The summed E-state index contributed by atoms with van der Waals surface area (Å²) in [6.45, 7) is 6.90. The third-order valence-electron chi connectivity index (χ3n) is 3.74. The van der Waals surface area contributed by atoms with E-state index in [0.29, 0.717) is 6.54 Å². The molecule has 0 saturated heterocycles. The van der Waals surface area contributed by atoms with Gasteiger partial charge in [0.1, 0.15) is 0 Å². The summed E-state index contributed by atoms with van der Waals surface area (Å²) in [5.41, 5.74) is 2.17. The smallest absolute Gasteiger partial charge is 0.238 e. The molecular formula is C17H26N2O. The molecule has 0 heterocycles. The first-order valence-corrected chi connectivity index (χ1v) is 7.82. The standard InChI is InChI=1S/C17H26N2O/c1-3-10-19(12-15-8-9-15)13-17(20)18-16-7-5-6-14(4-2)11-16/h5-7,11,15H,3-4,8-10,12-13H2,1-2H3,(H,18,20). The number of amides is 1. The Labute approximate surface area is 122 Å². The molecule has 2 rings (SSSR count). The first-order chi connectivity index (χ1) is 9.71. The summed E-state index contributed by atoms with van der Waals surface area (Å²) >= 11 is 0.